The summed E-state index contributed by atoms with van der Waals surface area (Å²) in [5, 5.41) is 10.1. The molecule has 1 aromatic carbocycles. The van der Waals surface area contributed by atoms with Crippen molar-refractivity contribution in [3.63, 3.8) is 0 Å². The van der Waals surface area contributed by atoms with E-state index in [1.165, 1.54) is 0 Å². The van der Waals surface area contributed by atoms with Gasteiger partial charge in [-0.3, -0.25) is 4.98 Å². The van der Waals surface area contributed by atoms with Crippen LogP contribution in [-0.2, 0) is 0 Å². The van der Waals surface area contributed by atoms with E-state index in [0.717, 1.165) is 9.86 Å². The van der Waals surface area contributed by atoms with Crippen molar-refractivity contribution in [2.45, 2.75) is 0 Å². The van der Waals surface area contributed by atoms with Crippen molar-refractivity contribution in [1.29, 1.82) is 5.26 Å². The van der Waals surface area contributed by atoms with Crippen LogP contribution in [-0.4, -0.2) is 4.98 Å². The largest absolute Gasteiger partial charge is 0.254 e. The maximum absolute atomic E-state index is 8.75. The van der Waals surface area contributed by atoms with E-state index in [4.69, 9.17) is 16.9 Å². The van der Waals surface area contributed by atoms with Crippen LogP contribution in [0, 0.1) is 11.3 Å². The summed E-state index contributed by atoms with van der Waals surface area (Å²) in [6.07, 6.45) is 1.68. The van der Waals surface area contributed by atoms with Gasteiger partial charge in [0, 0.05) is 16.1 Å². The summed E-state index contributed by atoms with van der Waals surface area (Å²) in [5.74, 6) is 0. The third kappa shape index (κ3) is 1.59. The average molecular weight is 268 g/mol. The highest BCUT2D eigenvalue weighted by molar-refractivity contribution is 9.10. The zero-order valence-corrected chi connectivity index (χ0v) is 9.30. The second-order valence-electron chi connectivity index (χ2n) is 2.80. The highest BCUT2D eigenvalue weighted by atomic mass is 79.9. The van der Waals surface area contributed by atoms with Gasteiger partial charge in [-0.05, 0) is 34.1 Å². The summed E-state index contributed by atoms with van der Waals surface area (Å²) in [7, 11) is 0. The van der Waals surface area contributed by atoms with Crippen LogP contribution in [0.2, 0.25) is 5.02 Å². The van der Waals surface area contributed by atoms with Crippen molar-refractivity contribution >= 4 is 38.4 Å². The normalized spacial score (nSPS) is 10.1. The van der Waals surface area contributed by atoms with E-state index in [9.17, 15) is 0 Å². The number of halogens is 2. The summed E-state index contributed by atoms with van der Waals surface area (Å²) in [4.78, 5) is 4.17. The van der Waals surface area contributed by atoms with Crippen molar-refractivity contribution < 1.29 is 0 Å². The monoisotopic (exact) mass is 266 g/mol. The molecule has 0 saturated heterocycles. The molecule has 0 unspecified atom stereocenters. The lowest BCUT2D eigenvalue weighted by Crippen LogP contribution is -1.83. The number of nitrogens with zero attached hydrogens (tertiary/aromatic N) is 2. The molecule has 1 heterocycles. The maximum atomic E-state index is 8.75. The van der Waals surface area contributed by atoms with Gasteiger partial charge in [0.05, 0.1) is 22.2 Å². The molecule has 4 heteroatoms. The van der Waals surface area contributed by atoms with Gasteiger partial charge in [-0.15, -0.1) is 0 Å². The molecule has 2 rings (SSSR count). The number of fused-ring (bicyclic) bond motifs is 1. The quantitative estimate of drug-likeness (QED) is 0.732. The number of benzene rings is 1. The Morgan fingerprint density at radius 1 is 1.36 bits per heavy atom. The Morgan fingerprint density at radius 2 is 2.14 bits per heavy atom. The van der Waals surface area contributed by atoms with E-state index in [1.807, 2.05) is 6.07 Å². The number of nitriles is 1. The van der Waals surface area contributed by atoms with Gasteiger partial charge < -0.3 is 0 Å². The minimum absolute atomic E-state index is 0.506. The summed E-state index contributed by atoms with van der Waals surface area (Å²) in [6, 6.07) is 7.31. The lowest BCUT2D eigenvalue weighted by molar-refractivity contribution is 1.38. The first-order valence-electron chi connectivity index (χ1n) is 3.85. The second kappa shape index (κ2) is 3.56. The van der Waals surface area contributed by atoms with Crippen molar-refractivity contribution in [1.82, 2.24) is 4.98 Å². The number of rotatable bonds is 0. The molecule has 68 valence electrons. The van der Waals surface area contributed by atoms with Crippen molar-refractivity contribution in [2.75, 3.05) is 0 Å². The highest BCUT2D eigenvalue weighted by Gasteiger charge is 2.03. The van der Waals surface area contributed by atoms with E-state index in [1.54, 1.807) is 18.3 Å². The van der Waals surface area contributed by atoms with Crippen molar-refractivity contribution in [3.05, 3.63) is 39.5 Å². The Labute approximate surface area is 94.3 Å². The molecule has 0 saturated carbocycles. The molecule has 0 aliphatic carbocycles. The van der Waals surface area contributed by atoms with E-state index in [0.29, 0.717) is 16.1 Å². The van der Waals surface area contributed by atoms with E-state index < -0.39 is 0 Å². The molecule has 0 spiro atoms. The van der Waals surface area contributed by atoms with Crippen LogP contribution >= 0.6 is 27.5 Å². The summed E-state index contributed by atoms with van der Waals surface area (Å²) in [6.45, 7) is 0. The standard InChI is InChI=1S/C10H4BrClN2/c11-8-3-7-1-6(4-13)2-9(12)10(7)14-5-8/h1-3,5H. The van der Waals surface area contributed by atoms with Crippen LogP contribution in [0.4, 0.5) is 0 Å². The zero-order valence-electron chi connectivity index (χ0n) is 6.96. The predicted molar refractivity (Wildman–Crippen MR) is 59.2 cm³/mol. The first kappa shape index (κ1) is 9.45. The lowest BCUT2D eigenvalue weighted by Gasteiger charge is -2.00. The van der Waals surface area contributed by atoms with Gasteiger partial charge in [0.2, 0.25) is 0 Å². The second-order valence-corrected chi connectivity index (χ2v) is 4.12. The first-order chi connectivity index (χ1) is 6.70. The molecule has 0 atom stereocenters. The zero-order chi connectivity index (χ0) is 10.1. The molecule has 2 nitrogen and oxygen atoms in total. The van der Waals surface area contributed by atoms with Crippen LogP contribution in [0.15, 0.2) is 28.9 Å². The molecule has 1 aromatic heterocycles. The van der Waals surface area contributed by atoms with Crippen LogP contribution in [0.25, 0.3) is 10.9 Å². The molecule has 0 fully saturated rings. The van der Waals surface area contributed by atoms with Gasteiger partial charge in [0.1, 0.15) is 0 Å². The van der Waals surface area contributed by atoms with E-state index in [2.05, 4.69) is 27.0 Å². The molecule has 0 radical (unpaired) electrons. The van der Waals surface area contributed by atoms with E-state index >= 15 is 0 Å². The van der Waals surface area contributed by atoms with Crippen LogP contribution in [0.3, 0.4) is 0 Å². The van der Waals surface area contributed by atoms with Gasteiger partial charge in [-0.1, -0.05) is 11.6 Å². The Hall–Kier alpha value is -1.11. The number of pyridine rings is 1. The SMILES string of the molecule is N#Cc1cc(Cl)c2ncc(Br)cc2c1. The third-order valence-corrected chi connectivity index (χ3v) is 2.55. The lowest BCUT2D eigenvalue weighted by atomic mass is 10.1. The fourth-order valence-electron chi connectivity index (χ4n) is 1.24. The average Bonchev–Trinajstić information content (AvgIpc) is 2.16. The van der Waals surface area contributed by atoms with Gasteiger partial charge >= 0.3 is 0 Å². The summed E-state index contributed by atoms with van der Waals surface area (Å²) in [5.41, 5.74) is 1.26. The van der Waals surface area contributed by atoms with Crippen LogP contribution < -0.4 is 0 Å². The van der Waals surface area contributed by atoms with Crippen LogP contribution in [0.1, 0.15) is 5.56 Å². The minimum atomic E-state index is 0.506. The molecule has 2 aromatic rings. The number of aromatic nitrogens is 1. The Balaban J connectivity index is 2.85. The Kier molecular flexibility index (Phi) is 2.40. The molecule has 0 amide bonds. The first-order valence-corrected chi connectivity index (χ1v) is 5.03. The van der Waals surface area contributed by atoms with Crippen molar-refractivity contribution in [3.8, 4) is 6.07 Å². The molecule has 14 heavy (non-hydrogen) atoms. The Bertz CT molecular complexity index is 546. The fraction of sp³-hybridized carbons (Fsp3) is 0. The summed E-state index contributed by atoms with van der Waals surface area (Å²) < 4.78 is 0.871. The van der Waals surface area contributed by atoms with Gasteiger partial charge in [-0.2, -0.15) is 5.26 Å². The Morgan fingerprint density at radius 3 is 2.86 bits per heavy atom. The predicted octanol–water partition coefficient (Wildman–Crippen LogP) is 3.52. The van der Waals surface area contributed by atoms with Crippen LogP contribution in [0.5, 0.6) is 0 Å². The topological polar surface area (TPSA) is 36.7 Å². The number of hydrogen-bond donors (Lipinski definition) is 0. The third-order valence-electron chi connectivity index (χ3n) is 1.83. The highest BCUT2D eigenvalue weighted by Crippen LogP contribution is 2.25. The maximum Gasteiger partial charge on any atom is 0.0992 e. The molecule has 0 aliphatic rings. The van der Waals surface area contributed by atoms with E-state index in [-0.39, 0.29) is 0 Å². The van der Waals surface area contributed by atoms with Gasteiger partial charge in [0.25, 0.3) is 0 Å². The number of hydrogen-bond acceptors (Lipinski definition) is 2. The molecule has 0 aliphatic heterocycles. The fourth-order valence-corrected chi connectivity index (χ4v) is 1.87. The van der Waals surface area contributed by atoms with Gasteiger partial charge in [-0.25, -0.2) is 0 Å². The van der Waals surface area contributed by atoms with Gasteiger partial charge in [0.15, 0.2) is 0 Å². The minimum Gasteiger partial charge on any atom is -0.254 e. The molecular weight excluding hydrogens is 263 g/mol. The summed E-state index contributed by atoms with van der Waals surface area (Å²) >= 11 is 9.28. The van der Waals surface area contributed by atoms with Crippen molar-refractivity contribution in [2.24, 2.45) is 0 Å². The molecular formula is C10H4BrClN2. The molecule has 0 bridgehead atoms. The molecule has 0 N–H and O–H groups in total. The smallest absolute Gasteiger partial charge is 0.0992 e.